The molecule has 5 nitrogen and oxygen atoms in total. The highest BCUT2D eigenvalue weighted by Gasteiger charge is 2.24. The Morgan fingerprint density at radius 3 is 2.94 bits per heavy atom. The van der Waals surface area contributed by atoms with Crippen molar-refractivity contribution in [1.29, 1.82) is 0 Å². The molecule has 18 heavy (non-hydrogen) atoms. The van der Waals surface area contributed by atoms with Gasteiger partial charge in [0, 0.05) is 11.3 Å². The normalized spacial score (nSPS) is 22.9. The number of nitrogens with one attached hydrogen (secondary N) is 1. The van der Waals surface area contributed by atoms with Crippen molar-refractivity contribution in [1.82, 2.24) is 4.98 Å². The van der Waals surface area contributed by atoms with Crippen LogP contribution in [0.4, 0.5) is 11.5 Å². The summed E-state index contributed by atoms with van der Waals surface area (Å²) in [5, 5.41) is 4.05. The van der Waals surface area contributed by atoms with Gasteiger partial charge in [-0.05, 0) is 31.6 Å². The first kappa shape index (κ1) is 13.0. The van der Waals surface area contributed by atoms with Gasteiger partial charge in [-0.3, -0.25) is 4.79 Å². The maximum absolute atomic E-state index is 11.2. The summed E-state index contributed by atoms with van der Waals surface area (Å²) in [6, 6.07) is 2.05. The molecule has 1 amide bonds. The maximum atomic E-state index is 11.2. The van der Waals surface area contributed by atoms with E-state index in [1.807, 2.05) is 11.8 Å². The van der Waals surface area contributed by atoms with Gasteiger partial charge < -0.3 is 16.8 Å². The van der Waals surface area contributed by atoms with Crippen LogP contribution >= 0.6 is 11.8 Å². The number of hydrogen-bond donors (Lipinski definition) is 3. The van der Waals surface area contributed by atoms with Crippen LogP contribution in [0.2, 0.25) is 0 Å². The zero-order chi connectivity index (χ0) is 13.1. The average Bonchev–Trinajstić information content (AvgIpc) is 2.79. The Bertz CT molecular complexity index is 452. The van der Waals surface area contributed by atoms with Crippen molar-refractivity contribution in [3.05, 3.63) is 17.8 Å². The third kappa shape index (κ3) is 2.87. The number of rotatable bonds is 4. The molecule has 2 rings (SSSR count). The number of amides is 1. The molecule has 0 aliphatic heterocycles. The number of carbonyl (C=O) groups excluding carboxylic acids is 1. The molecule has 2 atom stereocenters. The summed E-state index contributed by atoms with van der Waals surface area (Å²) in [4.78, 5) is 15.4. The second-order valence-corrected chi connectivity index (χ2v) is 5.67. The molecule has 2 unspecified atom stereocenters. The van der Waals surface area contributed by atoms with Gasteiger partial charge in [0.1, 0.15) is 5.82 Å². The maximum Gasteiger partial charge on any atom is 0.250 e. The van der Waals surface area contributed by atoms with Crippen LogP contribution in [0.3, 0.4) is 0 Å². The van der Waals surface area contributed by atoms with Crippen LogP contribution in [0.15, 0.2) is 12.3 Å². The molecule has 1 heterocycles. The highest BCUT2D eigenvalue weighted by molar-refractivity contribution is 7.99. The van der Waals surface area contributed by atoms with E-state index >= 15 is 0 Å². The quantitative estimate of drug-likeness (QED) is 0.767. The van der Waals surface area contributed by atoms with Gasteiger partial charge >= 0.3 is 0 Å². The van der Waals surface area contributed by atoms with Crippen LogP contribution in [-0.4, -0.2) is 28.4 Å². The number of thioether (sulfide) groups is 1. The summed E-state index contributed by atoms with van der Waals surface area (Å²) in [6.45, 7) is 0. The summed E-state index contributed by atoms with van der Waals surface area (Å²) in [5.74, 6) is 0.149. The lowest BCUT2D eigenvalue weighted by molar-refractivity contribution is 0.100. The summed E-state index contributed by atoms with van der Waals surface area (Å²) in [6.07, 6.45) is 7.09. The molecule has 1 fully saturated rings. The molecule has 1 saturated carbocycles. The van der Waals surface area contributed by atoms with E-state index in [4.69, 9.17) is 11.5 Å². The Kier molecular flexibility index (Phi) is 3.96. The van der Waals surface area contributed by atoms with E-state index in [2.05, 4.69) is 16.6 Å². The number of nitrogens with two attached hydrogens (primary N) is 2. The number of primary amides is 1. The van der Waals surface area contributed by atoms with Crippen molar-refractivity contribution in [3.63, 3.8) is 0 Å². The Hall–Kier alpha value is -1.43. The lowest BCUT2D eigenvalue weighted by Gasteiger charge is -2.14. The molecule has 5 N–H and O–H groups in total. The van der Waals surface area contributed by atoms with E-state index in [1.165, 1.54) is 12.6 Å². The molecule has 0 spiro atoms. The number of hydrogen-bond acceptors (Lipinski definition) is 5. The SMILES string of the molecule is CSC1CCC(Nc2cc(C(N)=O)c(N)cn2)C1. The molecule has 1 aromatic heterocycles. The third-order valence-electron chi connectivity index (χ3n) is 3.27. The molecule has 98 valence electrons. The Labute approximate surface area is 111 Å². The van der Waals surface area contributed by atoms with Crippen molar-refractivity contribution in [3.8, 4) is 0 Å². The molecule has 1 aromatic rings. The molecule has 6 heteroatoms. The topological polar surface area (TPSA) is 94.0 Å². The molecule has 0 aromatic carbocycles. The van der Waals surface area contributed by atoms with Crippen LogP contribution in [0.25, 0.3) is 0 Å². The summed E-state index contributed by atoms with van der Waals surface area (Å²) < 4.78 is 0. The predicted octanol–water partition coefficient (Wildman–Crippen LogP) is 1.46. The smallest absolute Gasteiger partial charge is 0.250 e. The Morgan fingerprint density at radius 2 is 2.33 bits per heavy atom. The minimum Gasteiger partial charge on any atom is -0.397 e. The molecule has 1 aliphatic rings. The summed E-state index contributed by atoms with van der Waals surface area (Å²) >= 11 is 1.90. The Balaban J connectivity index is 2.06. The van der Waals surface area contributed by atoms with Crippen LogP contribution in [0.1, 0.15) is 29.6 Å². The van der Waals surface area contributed by atoms with Crippen molar-refractivity contribution >= 4 is 29.2 Å². The zero-order valence-electron chi connectivity index (χ0n) is 10.3. The fourth-order valence-corrected chi connectivity index (χ4v) is 3.05. The number of nitrogens with zero attached hydrogens (tertiary/aromatic N) is 1. The van der Waals surface area contributed by atoms with E-state index < -0.39 is 5.91 Å². The number of pyridine rings is 1. The predicted molar refractivity (Wildman–Crippen MR) is 75.7 cm³/mol. The molecule has 0 saturated heterocycles. The summed E-state index contributed by atoms with van der Waals surface area (Å²) in [7, 11) is 0. The highest BCUT2D eigenvalue weighted by Crippen LogP contribution is 2.30. The van der Waals surface area contributed by atoms with E-state index in [-0.39, 0.29) is 0 Å². The number of aromatic nitrogens is 1. The average molecular weight is 266 g/mol. The van der Waals surface area contributed by atoms with Gasteiger partial charge in [-0.2, -0.15) is 11.8 Å². The number of nitrogen functional groups attached to an aromatic ring is 1. The third-order valence-corrected chi connectivity index (χ3v) is 4.36. The van der Waals surface area contributed by atoms with Crippen molar-refractivity contribution in [2.75, 3.05) is 17.3 Å². The van der Waals surface area contributed by atoms with E-state index in [9.17, 15) is 4.79 Å². The minimum atomic E-state index is -0.522. The van der Waals surface area contributed by atoms with Gasteiger partial charge in [0.05, 0.1) is 17.4 Å². The molecular weight excluding hydrogens is 248 g/mol. The van der Waals surface area contributed by atoms with Gasteiger partial charge in [0.25, 0.3) is 5.91 Å². The molecule has 0 radical (unpaired) electrons. The van der Waals surface area contributed by atoms with Crippen LogP contribution in [0, 0.1) is 0 Å². The second-order valence-electron chi connectivity index (χ2n) is 4.53. The van der Waals surface area contributed by atoms with Crippen LogP contribution in [-0.2, 0) is 0 Å². The lowest BCUT2D eigenvalue weighted by Crippen LogP contribution is -2.19. The van der Waals surface area contributed by atoms with Crippen LogP contribution in [0.5, 0.6) is 0 Å². The minimum absolute atomic E-state index is 0.321. The van der Waals surface area contributed by atoms with Gasteiger partial charge in [-0.1, -0.05) is 0 Å². The zero-order valence-corrected chi connectivity index (χ0v) is 11.2. The standard InChI is InChI=1S/C12H18N4OS/c1-18-8-3-2-7(4-8)16-11-5-9(12(14)17)10(13)6-15-11/h5-8H,2-4,13H2,1H3,(H2,14,17)(H,15,16). The molecule has 0 bridgehead atoms. The van der Waals surface area contributed by atoms with Crippen molar-refractivity contribution < 1.29 is 4.79 Å². The fourth-order valence-electron chi connectivity index (χ4n) is 2.25. The second kappa shape index (κ2) is 5.48. The van der Waals surface area contributed by atoms with Crippen molar-refractivity contribution in [2.24, 2.45) is 5.73 Å². The van der Waals surface area contributed by atoms with Gasteiger partial charge in [0.15, 0.2) is 0 Å². The fraction of sp³-hybridized carbons (Fsp3) is 0.500. The largest absolute Gasteiger partial charge is 0.397 e. The van der Waals surface area contributed by atoms with E-state index in [0.29, 0.717) is 28.4 Å². The van der Waals surface area contributed by atoms with Crippen molar-refractivity contribution in [2.45, 2.75) is 30.6 Å². The molecular formula is C12H18N4OS. The lowest BCUT2D eigenvalue weighted by atomic mass is 10.2. The highest BCUT2D eigenvalue weighted by atomic mass is 32.2. The first-order chi connectivity index (χ1) is 8.60. The number of carbonyl (C=O) groups is 1. The van der Waals surface area contributed by atoms with Crippen LogP contribution < -0.4 is 16.8 Å². The monoisotopic (exact) mass is 266 g/mol. The van der Waals surface area contributed by atoms with Gasteiger partial charge in [-0.15, -0.1) is 0 Å². The van der Waals surface area contributed by atoms with Gasteiger partial charge in [0.2, 0.25) is 0 Å². The first-order valence-electron chi connectivity index (χ1n) is 5.94. The number of anilines is 2. The van der Waals surface area contributed by atoms with Gasteiger partial charge in [-0.25, -0.2) is 4.98 Å². The van der Waals surface area contributed by atoms with E-state index in [1.54, 1.807) is 6.07 Å². The molecule has 1 aliphatic carbocycles. The summed E-state index contributed by atoms with van der Waals surface area (Å²) in [5.41, 5.74) is 11.6. The Morgan fingerprint density at radius 1 is 1.56 bits per heavy atom. The first-order valence-corrected chi connectivity index (χ1v) is 7.23. The van der Waals surface area contributed by atoms with E-state index in [0.717, 1.165) is 12.8 Å².